The lowest BCUT2D eigenvalue weighted by Gasteiger charge is -2.20. The van der Waals surface area contributed by atoms with Gasteiger partial charge < -0.3 is 5.11 Å². The maximum Gasteiger partial charge on any atom is 0.241 e. The number of sulfonamides is 1. The SMILES string of the molecule is Cc1c(C)c(C)c(S(=O)(=O)NC(C)CCO)c(C)c1C. The number of aliphatic hydroxyl groups excluding tert-OH is 1. The van der Waals surface area contributed by atoms with Gasteiger partial charge in [-0.05, 0) is 75.8 Å². The molecule has 0 aliphatic carbocycles. The Kier molecular flexibility index (Phi) is 5.35. The summed E-state index contributed by atoms with van der Waals surface area (Å²) in [7, 11) is -3.57. The Labute approximate surface area is 122 Å². The third-order valence-electron chi connectivity index (χ3n) is 4.12. The summed E-state index contributed by atoms with van der Waals surface area (Å²) in [6.07, 6.45) is 0.404. The molecular formula is C15H25NO3S. The summed E-state index contributed by atoms with van der Waals surface area (Å²) < 4.78 is 27.8. The quantitative estimate of drug-likeness (QED) is 0.876. The van der Waals surface area contributed by atoms with Crippen LogP contribution in [0, 0.1) is 34.6 Å². The van der Waals surface area contributed by atoms with E-state index in [2.05, 4.69) is 4.72 Å². The van der Waals surface area contributed by atoms with E-state index >= 15 is 0 Å². The van der Waals surface area contributed by atoms with Crippen LogP contribution in [0.4, 0.5) is 0 Å². The van der Waals surface area contributed by atoms with Gasteiger partial charge in [-0.15, -0.1) is 0 Å². The molecule has 1 atom stereocenters. The molecule has 1 unspecified atom stereocenters. The van der Waals surface area contributed by atoms with Crippen LogP contribution in [0.2, 0.25) is 0 Å². The monoisotopic (exact) mass is 299 g/mol. The molecule has 1 aromatic rings. The summed E-state index contributed by atoms with van der Waals surface area (Å²) in [4.78, 5) is 0.378. The van der Waals surface area contributed by atoms with Crippen LogP contribution in [-0.2, 0) is 10.0 Å². The largest absolute Gasteiger partial charge is 0.396 e. The van der Waals surface area contributed by atoms with Crippen molar-refractivity contribution in [2.45, 2.75) is 58.9 Å². The highest BCUT2D eigenvalue weighted by Gasteiger charge is 2.24. The topological polar surface area (TPSA) is 66.4 Å². The molecule has 0 aliphatic rings. The second-order valence-corrected chi connectivity index (χ2v) is 7.14. The maximum absolute atomic E-state index is 12.6. The molecule has 1 aromatic carbocycles. The summed E-state index contributed by atoms with van der Waals surface area (Å²) in [6.45, 7) is 11.3. The van der Waals surface area contributed by atoms with Crippen molar-refractivity contribution in [2.75, 3.05) is 6.61 Å². The van der Waals surface area contributed by atoms with E-state index in [9.17, 15) is 8.42 Å². The first-order chi connectivity index (χ1) is 9.13. The molecule has 2 N–H and O–H groups in total. The first kappa shape index (κ1) is 17.1. The van der Waals surface area contributed by atoms with E-state index in [-0.39, 0.29) is 12.6 Å². The summed E-state index contributed by atoms with van der Waals surface area (Å²) >= 11 is 0. The van der Waals surface area contributed by atoms with Crippen molar-refractivity contribution in [1.82, 2.24) is 4.72 Å². The average molecular weight is 299 g/mol. The lowest BCUT2D eigenvalue weighted by molar-refractivity contribution is 0.275. The van der Waals surface area contributed by atoms with Crippen molar-refractivity contribution in [2.24, 2.45) is 0 Å². The van der Waals surface area contributed by atoms with Gasteiger partial charge in [0, 0.05) is 12.6 Å². The summed E-state index contributed by atoms with van der Waals surface area (Å²) in [5.74, 6) is 0. The molecule has 0 saturated heterocycles. The van der Waals surface area contributed by atoms with Gasteiger partial charge in [0.1, 0.15) is 0 Å². The van der Waals surface area contributed by atoms with Crippen molar-refractivity contribution < 1.29 is 13.5 Å². The van der Waals surface area contributed by atoms with E-state index in [0.717, 1.165) is 27.8 Å². The second kappa shape index (κ2) is 6.24. The lowest BCUT2D eigenvalue weighted by Crippen LogP contribution is -2.34. The van der Waals surface area contributed by atoms with E-state index in [0.29, 0.717) is 11.3 Å². The van der Waals surface area contributed by atoms with Crippen molar-refractivity contribution >= 4 is 10.0 Å². The third-order valence-corrected chi connectivity index (χ3v) is 5.98. The molecule has 0 bridgehead atoms. The smallest absolute Gasteiger partial charge is 0.241 e. The number of hydrogen-bond donors (Lipinski definition) is 2. The Balaban J connectivity index is 3.40. The molecule has 1 rings (SSSR count). The van der Waals surface area contributed by atoms with Crippen LogP contribution in [0.1, 0.15) is 41.2 Å². The van der Waals surface area contributed by atoms with Gasteiger partial charge in [-0.3, -0.25) is 0 Å². The van der Waals surface area contributed by atoms with Crippen molar-refractivity contribution in [1.29, 1.82) is 0 Å². The first-order valence-electron chi connectivity index (χ1n) is 6.83. The number of nitrogens with one attached hydrogen (secondary N) is 1. The van der Waals surface area contributed by atoms with Gasteiger partial charge in [0.15, 0.2) is 0 Å². The fraction of sp³-hybridized carbons (Fsp3) is 0.600. The van der Waals surface area contributed by atoms with Crippen LogP contribution in [0.5, 0.6) is 0 Å². The Morgan fingerprint density at radius 2 is 1.35 bits per heavy atom. The van der Waals surface area contributed by atoms with Gasteiger partial charge in [-0.1, -0.05) is 0 Å². The Morgan fingerprint density at radius 3 is 1.75 bits per heavy atom. The highest BCUT2D eigenvalue weighted by Crippen LogP contribution is 2.29. The number of rotatable bonds is 5. The van der Waals surface area contributed by atoms with Crippen LogP contribution >= 0.6 is 0 Å². The highest BCUT2D eigenvalue weighted by atomic mass is 32.2. The van der Waals surface area contributed by atoms with Gasteiger partial charge in [-0.25, -0.2) is 13.1 Å². The molecule has 0 saturated carbocycles. The Bertz CT molecular complexity index is 577. The zero-order chi connectivity index (χ0) is 15.7. The van der Waals surface area contributed by atoms with Crippen LogP contribution in [0.15, 0.2) is 4.90 Å². The molecule has 0 aliphatic heterocycles. The molecule has 4 nitrogen and oxygen atoms in total. The fourth-order valence-electron chi connectivity index (χ4n) is 2.45. The zero-order valence-corrected chi connectivity index (χ0v) is 14.0. The maximum atomic E-state index is 12.6. The van der Waals surface area contributed by atoms with Crippen molar-refractivity contribution in [3.8, 4) is 0 Å². The highest BCUT2D eigenvalue weighted by molar-refractivity contribution is 7.89. The van der Waals surface area contributed by atoms with Gasteiger partial charge in [0.05, 0.1) is 4.90 Å². The molecule has 0 radical (unpaired) electrons. The van der Waals surface area contributed by atoms with Gasteiger partial charge in [0.25, 0.3) is 0 Å². The molecule has 0 spiro atoms. The predicted molar refractivity (Wildman–Crippen MR) is 81.6 cm³/mol. The normalized spacial score (nSPS) is 13.6. The van der Waals surface area contributed by atoms with Crippen LogP contribution in [-0.4, -0.2) is 26.2 Å². The van der Waals surface area contributed by atoms with Gasteiger partial charge in [-0.2, -0.15) is 0 Å². The zero-order valence-electron chi connectivity index (χ0n) is 13.2. The van der Waals surface area contributed by atoms with Gasteiger partial charge >= 0.3 is 0 Å². The molecule has 0 fully saturated rings. The van der Waals surface area contributed by atoms with Crippen LogP contribution in [0.3, 0.4) is 0 Å². The fourth-order valence-corrected chi connectivity index (χ4v) is 4.32. The van der Waals surface area contributed by atoms with Gasteiger partial charge in [0.2, 0.25) is 10.0 Å². The Hall–Kier alpha value is -0.910. The van der Waals surface area contributed by atoms with Crippen LogP contribution < -0.4 is 4.72 Å². The van der Waals surface area contributed by atoms with Crippen molar-refractivity contribution in [3.05, 3.63) is 27.8 Å². The molecule has 0 heterocycles. The standard InChI is InChI=1S/C15H25NO3S/c1-9(7-8-17)16-20(18,19)15-13(5)11(3)10(2)12(4)14(15)6/h9,16-17H,7-8H2,1-6H3. The molecular weight excluding hydrogens is 274 g/mol. The summed E-state index contributed by atoms with van der Waals surface area (Å²) in [5.41, 5.74) is 4.78. The average Bonchev–Trinajstić information content (AvgIpc) is 2.33. The van der Waals surface area contributed by atoms with E-state index in [4.69, 9.17) is 5.11 Å². The van der Waals surface area contributed by atoms with E-state index in [1.165, 1.54) is 0 Å². The molecule has 20 heavy (non-hydrogen) atoms. The predicted octanol–water partition coefficient (Wildman–Crippen LogP) is 2.28. The van der Waals surface area contributed by atoms with Crippen molar-refractivity contribution in [3.63, 3.8) is 0 Å². The molecule has 0 aromatic heterocycles. The third kappa shape index (κ3) is 3.22. The summed E-state index contributed by atoms with van der Waals surface area (Å²) in [5, 5.41) is 8.90. The van der Waals surface area contributed by atoms with E-state index in [1.54, 1.807) is 6.92 Å². The van der Waals surface area contributed by atoms with Crippen LogP contribution in [0.25, 0.3) is 0 Å². The number of aliphatic hydroxyl groups is 1. The molecule has 0 amide bonds. The minimum Gasteiger partial charge on any atom is -0.396 e. The molecule has 5 heteroatoms. The van der Waals surface area contributed by atoms with E-state index in [1.807, 2.05) is 34.6 Å². The number of hydrogen-bond acceptors (Lipinski definition) is 3. The Morgan fingerprint density at radius 1 is 0.950 bits per heavy atom. The lowest BCUT2D eigenvalue weighted by atomic mass is 9.95. The number of benzene rings is 1. The first-order valence-corrected chi connectivity index (χ1v) is 8.32. The molecule has 114 valence electrons. The second-order valence-electron chi connectivity index (χ2n) is 5.49. The summed E-state index contributed by atoms with van der Waals surface area (Å²) in [6, 6.07) is -0.286. The minimum absolute atomic E-state index is 0.0341. The minimum atomic E-state index is -3.57. The van der Waals surface area contributed by atoms with E-state index < -0.39 is 10.0 Å².